The van der Waals surface area contributed by atoms with Crippen LogP contribution >= 0.6 is 0 Å². The second-order valence-corrected chi connectivity index (χ2v) is 7.11. The third kappa shape index (κ3) is 2.05. The minimum Gasteiger partial charge on any atom is -0.294 e. The van der Waals surface area contributed by atoms with E-state index in [9.17, 15) is 9.59 Å². The Kier molecular flexibility index (Phi) is 3.37. The normalized spacial score (nSPS) is 23.3. The maximum atomic E-state index is 12.9. The van der Waals surface area contributed by atoms with Gasteiger partial charge in [-0.1, -0.05) is 6.92 Å². The molecule has 4 heteroatoms. The van der Waals surface area contributed by atoms with E-state index in [0.29, 0.717) is 12.8 Å². The molecule has 0 saturated heterocycles. The molecule has 0 saturated carbocycles. The van der Waals surface area contributed by atoms with Crippen LogP contribution < -0.4 is 0 Å². The fourth-order valence-corrected chi connectivity index (χ4v) is 4.31. The lowest BCUT2D eigenvalue weighted by Crippen LogP contribution is -2.29. The third-order valence-corrected chi connectivity index (χ3v) is 5.74. The topological polar surface area (TPSA) is 59.9 Å². The number of nitrogens with zero attached hydrogens (tertiary/aromatic N) is 2. The number of carbonyl (C=O) groups is 2. The Morgan fingerprint density at radius 3 is 1.67 bits per heavy atom. The molecular formula is C20H20N2O2. The van der Waals surface area contributed by atoms with Crippen molar-refractivity contribution < 1.29 is 9.59 Å². The zero-order valence-corrected chi connectivity index (χ0v) is 14.2. The number of pyridine rings is 2. The Hall–Kier alpha value is -2.36. The highest BCUT2D eigenvalue weighted by Crippen LogP contribution is 2.40. The first-order chi connectivity index (χ1) is 11.5. The molecule has 2 aromatic heterocycles. The maximum absolute atomic E-state index is 12.9. The number of ketones is 2. The summed E-state index contributed by atoms with van der Waals surface area (Å²) in [7, 11) is 0. The van der Waals surface area contributed by atoms with Gasteiger partial charge in [-0.3, -0.25) is 19.6 Å². The quantitative estimate of drug-likeness (QED) is 0.853. The molecule has 2 unspecified atom stereocenters. The van der Waals surface area contributed by atoms with Crippen molar-refractivity contribution in [3.8, 4) is 0 Å². The average molecular weight is 320 g/mol. The van der Waals surface area contributed by atoms with Crippen molar-refractivity contribution in [3.05, 3.63) is 58.2 Å². The number of hydrogen-bond donors (Lipinski definition) is 0. The first-order valence-corrected chi connectivity index (χ1v) is 8.46. The summed E-state index contributed by atoms with van der Waals surface area (Å²) >= 11 is 0. The largest absolute Gasteiger partial charge is 0.294 e. The van der Waals surface area contributed by atoms with Gasteiger partial charge >= 0.3 is 0 Å². The molecule has 2 atom stereocenters. The van der Waals surface area contributed by atoms with Crippen LogP contribution in [0.25, 0.3) is 0 Å². The lowest BCUT2D eigenvalue weighted by molar-refractivity contribution is 0.0797. The number of aryl methyl sites for hydroxylation is 2. The zero-order chi connectivity index (χ0) is 17.0. The smallest absolute Gasteiger partial charge is 0.168 e. The van der Waals surface area contributed by atoms with Crippen molar-refractivity contribution in [2.45, 2.75) is 33.6 Å². The fraction of sp³-hybridized carbons (Fsp3) is 0.400. The van der Waals surface area contributed by atoms with Crippen molar-refractivity contribution in [3.63, 3.8) is 0 Å². The molecule has 2 aliphatic carbocycles. The summed E-state index contributed by atoms with van der Waals surface area (Å²) in [6.07, 6.45) is 4.81. The van der Waals surface area contributed by atoms with Crippen molar-refractivity contribution in [1.29, 1.82) is 0 Å². The first kappa shape index (κ1) is 15.2. The minimum absolute atomic E-state index is 0.00722. The molecule has 2 aliphatic rings. The van der Waals surface area contributed by atoms with Crippen molar-refractivity contribution >= 4 is 11.6 Å². The van der Waals surface area contributed by atoms with E-state index in [1.54, 1.807) is 12.4 Å². The van der Waals surface area contributed by atoms with Gasteiger partial charge in [-0.2, -0.15) is 0 Å². The van der Waals surface area contributed by atoms with Crippen LogP contribution in [0.5, 0.6) is 0 Å². The third-order valence-electron chi connectivity index (χ3n) is 5.74. The van der Waals surface area contributed by atoms with Gasteiger partial charge in [0.2, 0.25) is 0 Å². The second kappa shape index (κ2) is 5.33. The van der Waals surface area contributed by atoms with Gasteiger partial charge in [-0.05, 0) is 43.0 Å². The summed E-state index contributed by atoms with van der Waals surface area (Å²) in [5.74, 6) is -0.0189. The van der Waals surface area contributed by atoms with E-state index < -0.39 is 0 Å². The standard InChI is InChI=1S/C20H20N2O2/c1-10-4-6-21-15-8-13(19(23)17(10)15)12(3)14-9-16-18(20(14)24)11(2)5-7-22-16/h4-7,12-14H,8-9H2,1-3H3. The Morgan fingerprint density at radius 2 is 1.29 bits per heavy atom. The SMILES string of the molecule is Cc1ccnc2c1C(=O)C(C(C)C1Cc3nccc(C)c3C1=O)C2. The van der Waals surface area contributed by atoms with Crippen LogP contribution in [-0.4, -0.2) is 21.5 Å². The monoisotopic (exact) mass is 320 g/mol. The molecule has 0 aliphatic heterocycles. The maximum Gasteiger partial charge on any atom is 0.168 e. The number of Topliss-reactive ketones (excluding diaryl/α,β-unsaturated/α-hetero) is 2. The summed E-state index contributed by atoms with van der Waals surface area (Å²) in [5.41, 5.74) is 5.28. The zero-order valence-electron chi connectivity index (χ0n) is 14.2. The Balaban J connectivity index is 1.64. The van der Waals surface area contributed by atoms with E-state index in [-0.39, 0.29) is 29.3 Å². The predicted octanol–water partition coefficient (Wildman–Crippen LogP) is 3.14. The van der Waals surface area contributed by atoms with Gasteiger partial charge in [0.1, 0.15) is 0 Å². The highest BCUT2D eigenvalue weighted by molar-refractivity contribution is 6.05. The Bertz CT molecular complexity index is 800. The summed E-state index contributed by atoms with van der Waals surface area (Å²) < 4.78 is 0. The summed E-state index contributed by atoms with van der Waals surface area (Å²) in [6.45, 7) is 5.94. The number of aromatic nitrogens is 2. The van der Waals surface area contributed by atoms with Crippen molar-refractivity contribution in [1.82, 2.24) is 9.97 Å². The summed E-state index contributed by atoms with van der Waals surface area (Å²) in [5, 5.41) is 0. The van der Waals surface area contributed by atoms with Gasteiger partial charge in [0.25, 0.3) is 0 Å². The molecule has 2 aromatic rings. The molecular weight excluding hydrogens is 300 g/mol. The predicted molar refractivity (Wildman–Crippen MR) is 90.2 cm³/mol. The summed E-state index contributed by atoms with van der Waals surface area (Å²) in [6, 6.07) is 3.77. The van der Waals surface area contributed by atoms with E-state index in [0.717, 1.165) is 33.6 Å². The van der Waals surface area contributed by atoms with Gasteiger partial charge in [-0.25, -0.2) is 0 Å². The molecule has 0 fully saturated rings. The lowest BCUT2D eigenvalue weighted by Gasteiger charge is -2.22. The molecule has 24 heavy (non-hydrogen) atoms. The van der Waals surface area contributed by atoms with Gasteiger partial charge in [0, 0.05) is 48.2 Å². The van der Waals surface area contributed by atoms with Crippen molar-refractivity contribution in [2.75, 3.05) is 0 Å². The van der Waals surface area contributed by atoms with E-state index in [1.165, 1.54) is 0 Å². The lowest BCUT2D eigenvalue weighted by atomic mass is 9.78. The molecule has 122 valence electrons. The number of carbonyl (C=O) groups excluding carboxylic acids is 2. The minimum atomic E-state index is -0.155. The van der Waals surface area contributed by atoms with Crippen LogP contribution in [0.1, 0.15) is 50.2 Å². The molecule has 4 nitrogen and oxygen atoms in total. The van der Waals surface area contributed by atoms with Gasteiger partial charge in [0.05, 0.1) is 11.4 Å². The van der Waals surface area contributed by atoms with Crippen LogP contribution in [0.3, 0.4) is 0 Å². The second-order valence-electron chi connectivity index (χ2n) is 7.11. The molecule has 0 radical (unpaired) electrons. The van der Waals surface area contributed by atoms with E-state index in [2.05, 4.69) is 9.97 Å². The first-order valence-electron chi connectivity index (χ1n) is 8.46. The summed E-state index contributed by atoms with van der Waals surface area (Å²) in [4.78, 5) is 34.6. The van der Waals surface area contributed by atoms with E-state index in [4.69, 9.17) is 0 Å². The van der Waals surface area contributed by atoms with Crippen LogP contribution in [0.2, 0.25) is 0 Å². The molecule has 0 N–H and O–H groups in total. The molecule has 0 bridgehead atoms. The van der Waals surface area contributed by atoms with E-state index >= 15 is 0 Å². The van der Waals surface area contributed by atoms with Gasteiger partial charge in [-0.15, -0.1) is 0 Å². The van der Waals surface area contributed by atoms with Crippen LogP contribution in [0.4, 0.5) is 0 Å². The van der Waals surface area contributed by atoms with E-state index in [1.807, 2.05) is 32.9 Å². The van der Waals surface area contributed by atoms with Crippen LogP contribution in [0, 0.1) is 31.6 Å². The van der Waals surface area contributed by atoms with Gasteiger partial charge in [0.15, 0.2) is 11.6 Å². The molecule has 4 rings (SSSR count). The Morgan fingerprint density at radius 1 is 0.875 bits per heavy atom. The Labute approximate surface area is 141 Å². The fourth-order valence-electron chi connectivity index (χ4n) is 4.31. The number of hydrogen-bond acceptors (Lipinski definition) is 4. The van der Waals surface area contributed by atoms with Gasteiger partial charge < -0.3 is 0 Å². The van der Waals surface area contributed by atoms with Crippen LogP contribution in [0.15, 0.2) is 24.5 Å². The number of rotatable bonds is 2. The molecule has 2 heterocycles. The molecule has 0 spiro atoms. The number of fused-ring (bicyclic) bond motifs is 2. The average Bonchev–Trinajstić information content (AvgIpc) is 3.07. The van der Waals surface area contributed by atoms with Crippen molar-refractivity contribution in [2.24, 2.45) is 17.8 Å². The highest BCUT2D eigenvalue weighted by Gasteiger charge is 2.44. The molecule has 0 amide bonds. The molecule has 0 aromatic carbocycles. The van der Waals surface area contributed by atoms with Crippen LogP contribution in [-0.2, 0) is 12.8 Å². The highest BCUT2D eigenvalue weighted by atomic mass is 16.1.